The first kappa shape index (κ1) is 12.9. The average molecular weight is 283 g/mol. The number of aromatic amines is 1. The molecule has 2 amide bonds. The molecule has 3 rings (SSSR count). The first-order valence-corrected chi connectivity index (χ1v) is 6.32. The van der Waals surface area contributed by atoms with Gasteiger partial charge in [-0.1, -0.05) is 18.2 Å². The van der Waals surface area contributed by atoms with Gasteiger partial charge < -0.3 is 4.57 Å². The molecule has 7 heteroatoms. The Balaban J connectivity index is 1.72. The van der Waals surface area contributed by atoms with E-state index in [2.05, 4.69) is 21.0 Å². The van der Waals surface area contributed by atoms with Crippen LogP contribution < -0.4 is 10.9 Å². The highest BCUT2D eigenvalue weighted by atomic mass is 16.2. The Bertz CT molecular complexity index is 818. The molecule has 0 aliphatic carbocycles. The van der Waals surface area contributed by atoms with Crippen molar-refractivity contribution < 1.29 is 9.59 Å². The minimum atomic E-state index is -0.477. The Morgan fingerprint density at radius 1 is 1.10 bits per heavy atom. The van der Waals surface area contributed by atoms with Crippen LogP contribution in [0.3, 0.4) is 0 Å². The van der Waals surface area contributed by atoms with E-state index in [4.69, 9.17) is 0 Å². The number of carbonyl (C=O) groups is 2. The average Bonchev–Trinajstić information content (AvgIpc) is 3.10. The summed E-state index contributed by atoms with van der Waals surface area (Å²) in [7, 11) is 1.75. The molecular weight excluding hydrogens is 270 g/mol. The second-order valence-corrected chi connectivity index (χ2v) is 4.53. The molecule has 2 aromatic heterocycles. The lowest BCUT2D eigenvalue weighted by Gasteiger charge is -2.06. The maximum atomic E-state index is 12.1. The Labute approximate surface area is 119 Å². The van der Waals surface area contributed by atoms with E-state index in [-0.39, 0.29) is 5.69 Å². The van der Waals surface area contributed by atoms with Gasteiger partial charge in [0.15, 0.2) is 5.69 Å². The predicted molar refractivity (Wildman–Crippen MR) is 76.4 cm³/mol. The first-order valence-electron chi connectivity index (χ1n) is 6.32. The highest BCUT2D eigenvalue weighted by Crippen LogP contribution is 2.14. The van der Waals surface area contributed by atoms with Crippen LogP contribution in [0.15, 0.2) is 42.6 Å². The van der Waals surface area contributed by atoms with Gasteiger partial charge in [-0.05, 0) is 18.2 Å². The summed E-state index contributed by atoms with van der Waals surface area (Å²) in [5, 5.41) is 7.42. The number of carbonyl (C=O) groups excluding carboxylic acids is 2. The van der Waals surface area contributed by atoms with E-state index in [0.29, 0.717) is 11.1 Å². The van der Waals surface area contributed by atoms with Crippen molar-refractivity contribution in [3.63, 3.8) is 0 Å². The summed E-state index contributed by atoms with van der Waals surface area (Å²) >= 11 is 0. The summed E-state index contributed by atoms with van der Waals surface area (Å²) in [4.78, 5) is 24.0. The molecule has 3 aromatic rings. The number of hydrogen-bond acceptors (Lipinski definition) is 3. The summed E-state index contributed by atoms with van der Waals surface area (Å²) in [5.74, 6) is -0.870. The van der Waals surface area contributed by atoms with Crippen LogP contribution in [-0.2, 0) is 7.05 Å². The second-order valence-electron chi connectivity index (χ2n) is 4.53. The van der Waals surface area contributed by atoms with Crippen LogP contribution in [0.25, 0.3) is 10.9 Å². The van der Waals surface area contributed by atoms with Gasteiger partial charge in [-0.15, -0.1) is 0 Å². The first-order chi connectivity index (χ1) is 10.2. The second kappa shape index (κ2) is 5.12. The number of hydrazine groups is 1. The van der Waals surface area contributed by atoms with Crippen molar-refractivity contribution in [1.29, 1.82) is 0 Å². The van der Waals surface area contributed by atoms with E-state index in [1.807, 2.05) is 18.2 Å². The summed E-state index contributed by atoms with van der Waals surface area (Å²) < 4.78 is 1.66. The zero-order valence-corrected chi connectivity index (χ0v) is 11.3. The molecule has 0 spiro atoms. The van der Waals surface area contributed by atoms with Gasteiger partial charge in [-0.3, -0.25) is 25.5 Å². The molecule has 21 heavy (non-hydrogen) atoms. The minimum Gasteiger partial charge on any atom is -0.347 e. The van der Waals surface area contributed by atoms with Crippen molar-refractivity contribution >= 4 is 22.7 Å². The molecule has 0 aliphatic rings. The number of fused-ring (bicyclic) bond motifs is 1. The number of aromatic nitrogens is 3. The van der Waals surface area contributed by atoms with Crippen molar-refractivity contribution in [2.24, 2.45) is 7.05 Å². The van der Waals surface area contributed by atoms with Crippen LogP contribution in [0.4, 0.5) is 0 Å². The maximum absolute atomic E-state index is 12.1. The van der Waals surface area contributed by atoms with Gasteiger partial charge in [0, 0.05) is 18.6 Å². The van der Waals surface area contributed by atoms with Crippen LogP contribution in [-0.4, -0.2) is 26.6 Å². The Morgan fingerprint density at radius 3 is 2.62 bits per heavy atom. The molecule has 7 nitrogen and oxygen atoms in total. The number of nitrogens with one attached hydrogen (secondary N) is 3. The van der Waals surface area contributed by atoms with E-state index in [1.165, 1.54) is 0 Å². The van der Waals surface area contributed by atoms with Crippen LogP contribution in [0.1, 0.15) is 21.0 Å². The molecule has 0 aliphatic heterocycles. The molecule has 1 aromatic carbocycles. The normalized spacial score (nSPS) is 10.5. The fourth-order valence-corrected chi connectivity index (χ4v) is 2.07. The molecule has 0 saturated heterocycles. The Morgan fingerprint density at radius 2 is 1.86 bits per heavy atom. The monoisotopic (exact) mass is 283 g/mol. The topological polar surface area (TPSA) is 91.8 Å². The van der Waals surface area contributed by atoms with E-state index in [0.717, 1.165) is 5.52 Å². The smallest absolute Gasteiger partial charge is 0.290 e. The summed E-state index contributed by atoms with van der Waals surface area (Å²) in [6.07, 6.45) is 1.75. The van der Waals surface area contributed by atoms with Crippen molar-refractivity contribution in [3.05, 3.63) is 54.0 Å². The largest absolute Gasteiger partial charge is 0.347 e. The van der Waals surface area contributed by atoms with E-state index < -0.39 is 11.8 Å². The number of hydrogen-bond donors (Lipinski definition) is 3. The van der Waals surface area contributed by atoms with Gasteiger partial charge in [0.05, 0.1) is 5.52 Å². The van der Waals surface area contributed by atoms with Gasteiger partial charge in [0.25, 0.3) is 11.8 Å². The number of para-hydroxylation sites is 1. The molecular formula is C14H13N5O2. The van der Waals surface area contributed by atoms with Crippen LogP contribution in [0, 0.1) is 0 Å². The number of amides is 2. The van der Waals surface area contributed by atoms with Gasteiger partial charge >= 0.3 is 0 Å². The number of aryl methyl sites for hydroxylation is 1. The minimum absolute atomic E-state index is 0.234. The zero-order valence-electron chi connectivity index (χ0n) is 11.3. The third kappa shape index (κ3) is 2.36. The fourth-order valence-electron chi connectivity index (χ4n) is 2.07. The number of nitrogens with zero attached hydrogens (tertiary/aromatic N) is 2. The maximum Gasteiger partial charge on any atom is 0.290 e. The molecule has 0 bridgehead atoms. The van der Waals surface area contributed by atoms with E-state index in [1.54, 1.807) is 36.0 Å². The summed E-state index contributed by atoms with van der Waals surface area (Å²) in [6.45, 7) is 0. The summed E-state index contributed by atoms with van der Waals surface area (Å²) in [6, 6.07) is 10.7. The van der Waals surface area contributed by atoms with Crippen molar-refractivity contribution in [2.75, 3.05) is 0 Å². The number of rotatable bonds is 2. The molecule has 0 fully saturated rings. The predicted octanol–water partition coefficient (Wildman–Crippen LogP) is 0.976. The molecule has 0 radical (unpaired) electrons. The van der Waals surface area contributed by atoms with E-state index in [9.17, 15) is 9.59 Å². The molecule has 2 heterocycles. The van der Waals surface area contributed by atoms with E-state index >= 15 is 0 Å². The van der Waals surface area contributed by atoms with Gasteiger partial charge in [0.2, 0.25) is 0 Å². The van der Waals surface area contributed by atoms with Gasteiger partial charge in [-0.25, -0.2) is 0 Å². The van der Waals surface area contributed by atoms with Crippen molar-refractivity contribution in [1.82, 2.24) is 25.6 Å². The van der Waals surface area contributed by atoms with Crippen molar-refractivity contribution in [2.45, 2.75) is 0 Å². The van der Waals surface area contributed by atoms with Crippen LogP contribution in [0.2, 0.25) is 0 Å². The molecule has 0 saturated carbocycles. The van der Waals surface area contributed by atoms with Gasteiger partial charge in [-0.2, -0.15) is 5.10 Å². The highest BCUT2D eigenvalue weighted by molar-refractivity contribution is 6.05. The third-order valence-electron chi connectivity index (χ3n) is 3.15. The molecule has 3 N–H and O–H groups in total. The molecule has 0 unspecified atom stereocenters. The fraction of sp³-hybridized carbons (Fsp3) is 0.0714. The standard InChI is InChI=1S/C14H13N5O2/c1-19-8-4-7-11(19)13(20)17-18-14(21)12-9-5-2-3-6-10(9)15-16-12/h2-8H,1H3,(H,15,16)(H,17,20)(H,18,21). The quantitative estimate of drug-likeness (QED) is 0.612. The van der Waals surface area contributed by atoms with Gasteiger partial charge in [0.1, 0.15) is 5.69 Å². The van der Waals surface area contributed by atoms with Crippen LogP contribution in [0.5, 0.6) is 0 Å². The van der Waals surface area contributed by atoms with Crippen molar-refractivity contribution in [3.8, 4) is 0 Å². The third-order valence-corrected chi connectivity index (χ3v) is 3.15. The molecule has 0 atom stereocenters. The lowest BCUT2D eigenvalue weighted by Crippen LogP contribution is -2.42. The summed E-state index contributed by atoms with van der Waals surface area (Å²) in [5.41, 5.74) is 6.16. The lowest BCUT2D eigenvalue weighted by atomic mass is 10.2. The zero-order chi connectivity index (χ0) is 14.8. The SMILES string of the molecule is Cn1cccc1C(=O)NNC(=O)c1n[nH]c2ccccc12. The highest BCUT2D eigenvalue weighted by Gasteiger charge is 2.15. The Hall–Kier alpha value is -3.09. The van der Waals surface area contributed by atoms with Crippen LogP contribution >= 0.6 is 0 Å². The lowest BCUT2D eigenvalue weighted by molar-refractivity contribution is 0.0840. The number of H-pyrrole nitrogens is 1. The Kier molecular flexibility index (Phi) is 3.15. The number of benzene rings is 1. The molecule has 106 valence electrons.